The summed E-state index contributed by atoms with van der Waals surface area (Å²) in [5.41, 5.74) is -0.585. The first-order chi connectivity index (χ1) is 16.9. The predicted molar refractivity (Wildman–Crippen MR) is 135 cm³/mol. The molecule has 0 bridgehead atoms. The number of nitrogens with zero attached hydrogens (tertiary/aromatic N) is 5. The van der Waals surface area contributed by atoms with Crippen LogP contribution < -0.4 is 9.64 Å². The van der Waals surface area contributed by atoms with Crippen molar-refractivity contribution in [3.63, 3.8) is 0 Å². The third-order valence-corrected chi connectivity index (χ3v) is 10.1. The first-order valence-electron chi connectivity index (χ1n) is 12.7. The Labute approximate surface area is 213 Å². The van der Waals surface area contributed by atoms with Gasteiger partial charge in [0.25, 0.3) is 0 Å². The number of aromatic nitrogens is 2. The summed E-state index contributed by atoms with van der Waals surface area (Å²) in [5.74, 6) is 1.29. The van der Waals surface area contributed by atoms with Gasteiger partial charge in [0, 0.05) is 50.8 Å². The number of carboxylic acid groups (broad SMARTS) is 1. The average molecular weight is 526 g/mol. The van der Waals surface area contributed by atoms with E-state index in [0.717, 1.165) is 25.7 Å². The van der Waals surface area contributed by atoms with Crippen molar-refractivity contribution in [1.82, 2.24) is 19.2 Å². The second kappa shape index (κ2) is 10.3. The number of aliphatic hydroxyl groups is 1. The SMILES string of the molecule is CC(C)(CO)CS(=O)(=O)N1CCN(c2cnc(OCC3CCN(C(=O)O)C(C4(C)CC4)C3)cn2)CC1. The van der Waals surface area contributed by atoms with Gasteiger partial charge in [0.2, 0.25) is 15.9 Å². The lowest BCUT2D eigenvalue weighted by molar-refractivity contribution is 0.0483. The smallest absolute Gasteiger partial charge is 0.407 e. The molecule has 2 aliphatic heterocycles. The average Bonchev–Trinajstić information content (AvgIpc) is 3.60. The molecule has 3 heterocycles. The number of amides is 1. The van der Waals surface area contributed by atoms with Gasteiger partial charge >= 0.3 is 6.09 Å². The Morgan fingerprint density at radius 3 is 2.42 bits per heavy atom. The third-order valence-electron chi connectivity index (χ3n) is 7.84. The van der Waals surface area contributed by atoms with Gasteiger partial charge in [-0.2, -0.15) is 4.31 Å². The van der Waals surface area contributed by atoms with Gasteiger partial charge in [-0.05, 0) is 37.0 Å². The van der Waals surface area contributed by atoms with Gasteiger partial charge in [-0.15, -0.1) is 0 Å². The van der Waals surface area contributed by atoms with Crippen LogP contribution in [0, 0.1) is 16.7 Å². The van der Waals surface area contributed by atoms with E-state index in [9.17, 15) is 23.4 Å². The molecular weight excluding hydrogens is 486 g/mol. The fraction of sp³-hybridized carbons (Fsp3) is 0.792. The molecule has 202 valence electrons. The minimum absolute atomic E-state index is 0.0444. The van der Waals surface area contributed by atoms with Crippen LogP contribution in [0.2, 0.25) is 0 Å². The zero-order chi connectivity index (χ0) is 26.1. The summed E-state index contributed by atoms with van der Waals surface area (Å²) in [6.45, 7) is 8.23. The van der Waals surface area contributed by atoms with Crippen LogP contribution in [0.15, 0.2) is 12.4 Å². The van der Waals surface area contributed by atoms with Gasteiger partial charge in [0.15, 0.2) is 0 Å². The van der Waals surface area contributed by atoms with E-state index >= 15 is 0 Å². The lowest BCUT2D eigenvalue weighted by Crippen LogP contribution is -2.51. The molecule has 1 aliphatic carbocycles. The quantitative estimate of drug-likeness (QED) is 0.495. The molecule has 12 heteroatoms. The zero-order valence-corrected chi connectivity index (χ0v) is 22.3. The number of hydrogen-bond acceptors (Lipinski definition) is 8. The molecule has 1 amide bonds. The Kier molecular flexibility index (Phi) is 7.68. The highest BCUT2D eigenvalue weighted by atomic mass is 32.2. The molecular formula is C24H39N5O6S. The van der Waals surface area contributed by atoms with Crippen LogP contribution >= 0.6 is 0 Å². The van der Waals surface area contributed by atoms with Crippen LogP contribution in [0.25, 0.3) is 0 Å². The van der Waals surface area contributed by atoms with Crippen molar-refractivity contribution in [3.05, 3.63) is 12.4 Å². The molecule has 2 N–H and O–H groups in total. The van der Waals surface area contributed by atoms with Crippen LogP contribution in [0.4, 0.5) is 10.6 Å². The van der Waals surface area contributed by atoms with E-state index in [1.165, 1.54) is 4.31 Å². The maximum absolute atomic E-state index is 12.7. The molecule has 11 nitrogen and oxygen atoms in total. The number of hydrogen-bond donors (Lipinski definition) is 2. The Balaban J connectivity index is 1.26. The normalized spacial score (nSPS) is 25.0. The van der Waals surface area contributed by atoms with Crippen molar-refractivity contribution < 1.29 is 28.2 Å². The Bertz CT molecular complexity index is 1020. The van der Waals surface area contributed by atoms with Gasteiger partial charge in [0.05, 0.1) is 24.8 Å². The van der Waals surface area contributed by atoms with E-state index in [0.29, 0.717) is 51.0 Å². The van der Waals surface area contributed by atoms with Crippen molar-refractivity contribution in [1.29, 1.82) is 0 Å². The highest BCUT2D eigenvalue weighted by Crippen LogP contribution is 2.53. The number of aliphatic hydroxyl groups excluding tert-OH is 1. The summed E-state index contributed by atoms with van der Waals surface area (Å²) < 4.78 is 32.8. The van der Waals surface area contributed by atoms with Crippen LogP contribution in [0.3, 0.4) is 0 Å². The fourth-order valence-electron chi connectivity index (χ4n) is 5.19. The zero-order valence-electron chi connectivity index (χ0n) is 21.5. The number of carbonyl (C=O) groups is 1. The molecule has 3 fully saturated rings. The predicted octanol–water partition coefficient (Wildman–Crippen LogP) is 1.88. The topological polar surface area (TPSA) is 136 Å². The van der Waals surface area contributed by atoms with Gasteiger partial charge in [0.1, 0.15) is 5.82 Å². The van der Waals surface area contributed by atoms with Crippen LogP contribution in [0.5, 0.6) is 5.88 Å². The van der Waals surface area contributed by atoms with Gasteiger partial charge in [-0.1, -0.05) is 20.8 Å². The van der Waals surface area contributed by atoms with Gasteiger partial charge in [-0.25, -0.2) is 23.2 Å². The van der Waals surface area contributed by atoms with Crippen molar-refractivity contribution >= 4 is 21.9 Å². The highest BCUT2D eigenvalue weighted by molar-refractivity contribution is 7.89. The molecule has 0 aromatic carbocycles. The number of likely N-dealkylation sites (tertiary alicyclic amines) is 1. The van der Waals surface area contributed by atoms with E-state index in [2.05, 4.69) is 16.9 Å². The summed E-state index contributed by atoms with van der Waals surface area (Å²) in [4.78, 5) is 24.1. The number of ether oxygens (including phenoxy) is 1. The van der Waals surface area contributed by atoms with Gasteiger partial charge in [-0.3, -0.25) is 0 Å². The first kappa shape index (κ1) is 26.9. The van der Waals surface area contributed by atoms with E-state index in [1.54, 1.807) is 31.1 Å². The largest absolute Gasteiger partial charge is 0.476 e. The molecule has 2 saturated heterocycles. The summed E-state index contributed by atoms with van der Waals surface area (Å²) in [7, 11) is -3.45. The minimum Gasteiger partial charge on any atom is -0.476 e. The number of piperidine rings is 1. The van der Waals surface area contributed by atoms with Crippen LogP contribution in [-0.2, 0) is 10.0 Å². The van der Waals surface area contributed by atoms with E-state index in [-0.39, 0.29) is 29.7 Å². The number of piperazine rings is 1. The molecule has 0 radical (unpaired) electrons. The Morgan fingerprint density at radius 1 is 1.17 bits per heavy atom. The molecule has 3 aliphatic rings. The number of anilines is 1. The Morgan fingerprint density at radius 2 is 1.86 bits per heavy atom. The van der Waals surface area contributed by atoms with Crippen molar-refractivity contribution in [3.8, 4) is 5.88 Å². The van der Waals surface area contributed by atoms with Crippen LogP contribution in [0.1, 0.15) is 46.5 Å². The maximum atomic E-state index is 12.7. The van der Waals surface area contributed by atoms with Crippen molar-refractivity contribution in [2.24, 2.45) is 16.7 Å². The molecule has 1 saturated carbocycles. The number of rotatable bonds is 9. The molecule has 2 atom stereocenters. The summed E-state index contributed by atoms with van der Waals surface area (Å²) in [6, 6.07) is 0.0444. The summed E-state index contributed by atoms with van der Waals surface area (Å²) >= 11 is 0. The summed E-state index contributed by atoms with van der Waals surface area (Å²) in [5, 5.41) is 19.0. The van der Waals surface area contributed by atoms with Crippen molar-refractivity contribution in [2.45, 2.75) is 52.5 Å². The standard InChI is InChI=1S/C24H39N5O6S/c1-23(2,16-30)17-36(33,34)28-10-8-27(9-11-28)20-13-26-21(14-25-20)35-15-18-4-7-29(22(31)32)19(12-18)24(3)5-6-24/h13-14,18-19,30H,4-12,15-17H2,1-3H3,(H,31,32). The molecule has 1 aromatic rings. The minimum atomic E-state index is -3.45. The lowest BCUT2D eigenvalue weighted by Gasteiger charge is -2.41. The maximum Gasteiger partial charge on any atom is 0.407 e. The van der Waals surface area contributed by atoms with Crippen molar-refractivity contribution in [2.75, 3.05) is 56.6 Å². The Hall–Kier alpha value is -2.18. The highest BCUT2D eigenvalue weighted by Gasteiger charge is 2.50. The van der Waals surface area contributed by atoms with Gasteiger partial charge < -0.3 is 24.7 Å². The number of sulfonamides is 1. The molecule has 0 spiro atoms. The third kappa shape index (κ3) is 6.20. The molecule has 36 heavy (non-hydrogen) atoms. The molecule has 4 rings (SSSR count). The van der Waals surface area contributed by atoms with E-state index < -0.39 is 21.5 Å². The second-order valence-electron chi connectivity index (χ2n) is 11.5. The molecule has 2 unspecified atom stereocenters. The first-order valence-corrected chi connectivity index (χ1v) is 14.3. The van der Waals surface area contributed by atoms with Crippen LogP contribution in [-0.4, -0.2) is 102 Å². The lowest BCUT2D eigenvalue weighted by atomic mass is 9.83. The monoisotopic (exact) mass is 525 g/mol. The second-order valence-corrected chi connectivity index (χ2v) is 13.5. The van der Waals surface area contributed by atoms with E-state index in [1.807, 2.05) is 4.90 Å². The van der Waals surface area contributed by atoms with E-state index in [4.69, 9.17) is 4.74 Å². The fourth-order valence-corrected chi connectivity index (χ4v) is 7.17. The summed E-state index contributed by atoms with van der Waals surface area (Å²) in [6.07, 6.45) is 6.13. The molecule has 1 aromatic heterocycles.